The maximum atomic E-state index is 2.47. The minimum Gasteiger partial charge on any atom is -0.311 e. The number of benzene rings is 14. The topological polar surface area (TPSA) is 13.0 Å². The van der Waals surface area contributed by atoms with Gasteiger partial charge < -0.3 is 19.6 Å². The summed E-state index contributed by atoms with van der Waals surface area (Å²) < 4.78 is 0. The van der Waals surface area contributed by atoms with Gasteiger partial charge in [-0.05, 0) is 224 Å². The first kappa shape index (κ1) is 48.4. The third-order valence-corrected chi connectivity index (χ3v) is 16.3. The fourth-order valence-corrected chi connectivity index (χ4v) is 12.6. The molecule has 14 aromatic carbocycles. The van der Waals surface area contributed by atoms with Gasteiger partial charge in [-0.3, -0.25) is 0 Å². The van der Waals surface area contributed by atoms with E-state index in [1.807, 2.05) is 0 Å². The van der Waals surface area contributed by atoms with E-state index in [-0.39, 0.29) is 0 Å². The molecule has 4 nitrogen and oxygen atoms in total. The van der Waals surface area contributed by atoms with Gasteiger partial charge >= 0.3 is 0 Å². The summed E-state index contributed by atoms with van der Waals surface area (Å²) in [5.41, 5.74) is 18.6. The molecule has 0 saturated carbocycles. The Morgan fingerprint density at radius 3 is 0.756 bits per heavy atom. The first-order chi connectivity index (χ1) is 40.6. The van der Waals surface area contributed by atoms with E-state index in [1.54, 1.807) is 0 Å². The fraction of sp³-hybridized carbons (Fsp3) is 0.0256. The van der Waals surface area contributed by atoms with Crippen LogP contribution in [0, 0.1) is 0 Å². The Hall–Kier alpha value is -10.7. The van der Waals surface area contributed by atoms with E-state index in [9.17, 15) is 0 Å². The van der Waals surface area contributed by atoms with Crippen LogP contribution in [0.3, 0.4) is 0 Å². The monoisotopic (exact) mass is 1050 g/mol. The molecule has 0 fully saturated rings. The van der Waals surface area contributed by atoms with Crippen molar-refractivity contribution < 1.29 is 0 Å². The molecule has 0 bridgehead atoms. The van der Waals surface area contributed by atoms with Crippen LogP contribution >= 0.6 is 0 Å². The summed E-state index contributed by atoms with van der Waals surface area (Å²) in [6.07, 6.45) is 1.90. The molecule has 4 heteroatoms. The van der Waals surface area contributed by atoms with Crippen LogP contribution in [-0.2, 0) is 12.8 Å². The number of aryl methyl sites for hydroxylation is 2. The van der Waals surface area contributed by atoms with Gasteiger partial charge in [0.2, 0.25) is 0 Å². The predicted octanol–water partition coefficient (Wildman–Crippen LogP) is 21.9. The van der Waals surface area contributed by atoms with Crippen molar-refractivity contribution in [2.45, 2.75) is 12.8 Å². The highest BCUT2D eigenvalue weighted by atomic mass is 15.2. The van der Waals surface area contributed by atoms with E-state index < -0.39 is 0 Å². The van der Waals surface area contributed by atoms with Gasteiger partial charge in [0.15, 0.2) is 0 Å². The molecule has 0 heterocycles. The van der Waals surface area contributed by atoms with Crippen LogP contribution in [0.25, 0.3) is 54.2 Å². The van der Waals surface area contributed by atoms with E-state index in [1.165, 1.54) is 59.9 Å². The van der Waals surface area contributed by atoms with Gasteiger partial charge in [0.1, 0.15) is 0 Å². The van der Waals surface area contributed by atoms with Crippen LogP contribution in [0.15, 0.2) is 315 Å². The Labute approximate surface area is 478 Å². The van der Waals surface area contributed by atoms with E-state index in [4.69, 9.17) is 0 Å². The van der Waals surface area contributed by atoms with Crippen LogP contribution in [-0.4, -0.2) is 0 Å². The molecule has 0 saturated heterocycles. The largest absolute Gasteiger partial charge is 0.311 e. The molecule has 1 aliphatic rings. The number of hydrogen-bond acceptors (Lipinski definition) is 4. The van der Waals surface area contributed by atoms with Crippen molar-refractivity contribution in [3.05, 3.63) is 327 Å². The minimum atomic E-state index is 0.947. The summed E-state index contributed by atoms with van der Waals surface area (Å²) in [5, 5.41) is 10.1. The summed E-state index contributed by atoms with van der Waals surface area (Å²) in [4.78, 5) is 9.49. The zero-order chi connectivity index (χ0) is 54.3. The van der Waals surface area contributed by atoms with Crippen molar-refractivity contribution in [2.75, 3.05) is 19.6 Å². The third-order valence-electron chi connectivity index (χ3n) is 16.3. The smallest absolute Gasteiger partial charge is 0.0470 e. The molecular formula is C78H56N4. The lowest BCUT2D eigenvalue weighted by atomic mass is 9.85. The standard InChI is InChI=1S/C78H56N4/c1-7-19-63(20-8-1)79(64-21-9-2-10-22-64)69-41-37-55(38-42-69)56-39-43-70(44-40-56)82(72-46-48-76-58(50-72)32-31-57-49-71(45-47-75(57)76)80(65-23-11-3-12-24-65)66-25-13-4-14-26-66)74-53-61-35-33-59-51-73(52-60-34-36-62(54-74)78(61)77(59)60)81(67-27-15-5-16-28-67)68-29-17-6-18-30-68/h1-33,35,37-54H,34,36H2. The van der Waals surface area contributed by atoms with Crippen LogP contribution in [0.2, 0.25) is 0 Å². The molecule has 0 N–H and O–H groups in total. The van der Waals surface area contributed by atoms with Crippen LogP contribution in [0.5, 0.6) is 0 Å². The number of anilines is 12. The molecule has 14 aromatic rings. The van der Waals surface area contributed by atoms with Crippen molar-refractivity contribution in [1.82, 2.24) is 0 Å². The molecule has 0 amide bonds. The Balaban J connectivity index is 0.828. The number of fused-ring (bicyclic) bond motifs is 3. The quantitative estimate of drug-likeness (QED) is 0.107. The molecule has 0 aliphatic heterocycles. The lowest BCUT2D eigenvalue weighted by molar-refractivity contribution is 0.966. The van der Waals surface area contributed by atoms with Crippen LogP contribution < -0.4 is 19.6 Å². The lowest BCUT2D eigenvalue weighted by Crippen LogP contribution is -2.13. The lowest BCUT2D eigenvalue weighted by Gasteiger charge is -2.30. The summed E-state index contributed by atoms with van der Waals surface area (Å²) >= 11 is 0. The maximum absolute atomic E-state index is 2.47. The van der Waals surface area contributed by atoms with Crippen molar-refractivity contribution in [2.24, 2.45) is 0 Å². The van der Waals surface area contributed by atoms with Crippen LogP contribution in [0.1, 0.15) is 11.1 Å². The second-order valence-corrected chi connectivity index (χ2v) is 21.3. The van der Waals surface area contributed by atoms with Crippen molar-refractivity contribution in [3.63, 3.8) is 0 Å². The summed E-state index contributed by atoms with van der Waals surface area (Å²) in [7, 11) is 0. The number of hydrogen-bond donors (Lipinski definition) is 0. The average Bonchev–Trinajstić information content (AvgIpc) is 3.47. The highest BCUT2D eigenvalue weighted by Gasteiger charge is 2.24. The van der Waals surface area contributed by atoms with Gasteiger partial charge in [-0.25, -0.2) is 0 Å². The second-order valence-electron chi connectivity index (χ2n) is 21.3. The second kappa shape index (κ2) is 20.8. The van der Waals surface area contributed by atoms with Gasteiger partial charge in [0, 0.05) is 68.2 Å². The molecule has 1 aliphatic carbocycles. The SMILES string of the molecule is c1ccc(N(c2ccccc2)c2ccc(-c3ccc(N(c4ccc5c(ccc6cc(N(c7ccccc7)c7ccccc7)ccc65)c4)c4cc5c6c(ccc7cc(N(c8ccccc8)c8ccccc8)cc(c76)CC5)c4)cc3)cc2)cc1. The molecule has 0 radical (unpaired) electrons. The average molecular weight is 1050 g/mol. The Kier molecular flexibility index (Phi) is 12.3. The zero-order valence-electron chi connectivity index (χ0n) is 45.2. The van der Waals surface area contributed by atoms with Gasteiger partial charge in [0.25, 0.3) is 0 Å². The fourth-order valence-electron chi connectivity index (χ4n) is 12.6. The number of para-hydroxylation sites is 6. The van der Waals surface area contributed by atoms with E-state index >= 15 is 0 Å². The first-order valence-electron chi connectivity index (χ1n) is 28.4. The Bertz CT molecular complexity index is 4470. The number of rotatable bonds is 13. The normalized spacial score (nSPS) is 11.8. The van der Waals surface area contributed by atoms with Crippen molar-refractivity contribution in [1.29, 1.82) is 0 Å². The highest BCUT2D eigenvalue weighted by Crippen LogP contribution is 2.47. The van der Waals surface area contributed by atoms with E-state index in [0.29, 0.717) is 0 Å². The van der Waals surface area contributed by atoms with E-state index in [0.717, 1.165) is 86.5 Å². The summed E-state index contributed by atoms with van der Waals surface area (Å²) in [6, 6.07) is 115. The van der Waals surface area contributed by atoms with Gasteiger partial charge in [-0.15, -0.1) is 0 Å². The van der Waals surface area contributed by atoms with Gasteiger partial charge in [-0.1, -0.05) is 170 Å². The third kappa shape index (κ3) is 8.93. The molecule has 82 heavy (non-hydrogen) atoms. The van der Waals surface area contributed by atoms with Gasteiger partial charge in [-0.2, -0.15) is 0 Å². The molecule has 15 rings (SSSR count). The maximum Gasteiger partial charge on any atom is 0.0470 e. The molecule has 0 atom stereocenters. The van der Waals surface area contributed by atoms with E-state index in [2.05, 4.69) is 335 Å². The molecule has 0 aromatic heterocycles. The Morgan fingerprint density at radius 1 is 0.183 bits per heavy atom. The van der Waals surface area contributed by atoms with Crippen molar-refractivity contribution in [3.8, 4) is 11.1 Å². The summed E-state index contributed by atoms with van der Waals surface area (Å²) in [5.74, 6) is 0. The zero-order valence-corrected chi connectivity index (χ0v) is 45.2. The first-order valence-corrected chi connectivity index (χ1v) is 28.4. The molecule has 388 valence electrons. The molecule has 0 spiro atoms. The summed E-state index contributed by atoms with van der Waals surface area (Å²) in [6.45, 7) is 0. The highest BCUT2D eigenvalue weighted by molar-refractivity contribution is 6.14. The molecular weight excluding hydrogens is 993 g/mol. The number of nitrogens with zero attached hydrogens (tertiary/aromatic N) is 4. The minimum absolute atomic E-state index is 0.947. The Morgan fingerprint density at radius 2 is 0.427 bits per heavy atom. The predicted molar refractivity (Wildman–Crippen MR) is 348 cm³/mol. The van der Waals surface area contributed by atoms with Crippen LogP contribution in [0.4, 0.5) is 68.2 Å². The van der Waals surface area contributed by atoms with Crippen molar-refractivity contribution >= 4 is 111 Å². The van der Waals surface area contributed by atoms with Gasteiger partial charge in [0.05, 0.1) is 0 Å². The molecule has 0 unspecified atom stereocenters.